The Labute approximate surface area is 172 Å². The van der Waals surface area contributed by atoms with Gasteiger partial charge in [0.2, 0.25) is 10.0 Å². The SMILES string of the molecule is CCCS(=O)(=O)N1CCCc2cc(NS(=O)(=O)c3ccc(OCC)cc3)ccc21. The highest BCUT2D eigenvalue weighted by atomic mass is 32.2. The molecule has 29 heavy (non-hydrogen) atoms. The van der Waals surface area contributed by atoms with Crippen LogP contribution in [0.3, 0.4) is 0 Å². The highest BCUT2D eigenvalue weighted by Crippen LogP contribution is 2.32. The molecule has 1 aliphatic rings. The summed E-state index contributed by atoms with van der Waals surface area (Å²) in [6.07, 6.45) is 1.95. The number of sulfonamides is 2. The molecule has 1 heterocycles. The van der Waals surface area contributed by atoms with Crippen LogP contribution in [0.1, 0.15) is 32.3 Å². The number of rotatable bonds is 8. The molecule has 0 amide bonds. The molecule has 0 saturated heterocycles. The first-order chi connectivity index (χ1) is 13.8. The fourth-order valence-electron chi connectivity index (χ4n) is 3.38. The third-order valence-electron chi connectivity index (χ3n) is 4.65. The van der Waals surface area contributed by atoms with Crippen molar-refractivity contribution in [2.24, 2.45) is 0 Å². The highest BCUT2D eigenvalue weighted by molar-refractivity contribution is 7.93. The maximum absolute atomic E-state index is 12.7. The van der Waals surface area contributed by atoms with Gasteiger partial charge in [-0.25, -0.2) is 16.8 Å². The van der Waals surface area contributed by atoms with Crippen LogP contribution in [0.15, 0.2) is 47.4 Å². The van der Waals surface area contributed by atoms with E-state index in [1.165, 1.54) is 16.4 Å². The van der Waals surface area contributed by atoms with E-state index in [1.54, 1.807) is 30.3 Å². The standard InChI is InChI=1S/C20H26N2O5S2/c1-3-14-28(23,24)22-13-5-6-16-15-17(7-12-20(16)22)21-29(25,26)19-10-8-18(9-11-19)27-4-2/h7-12,15,21H,3-6,13-14H2,1-2H3. The van der Waals surface area contributed by atoms with E-state index < -0.39 is 20.0 Å². The van der Waals surface area contributed by atoms with Gasteiger partial charge in [0.05, 0.1) is 22.9 Å². The Bertz CT molecular complexity index is 1060. The summed E-state index contributed by atoms with van der Waals surface area (Å²) in [4.78, 5) is 0.130. The first-order valence-corrected chi connectivity index (χ1v) is 12.7. The first kappa shape index (κ1) is 21.4. The fraction of sp³-hybridized carbons (Fsp3) is 0.400. The van der Waals surface area contributed by atoms with Gasteiger partial charge in [-0.3, -0.25) is 9.03 Å². The van der Waals surface area contributed by atoms with Gasteiger partial charge in [0.25, 0.3) is 10.0 Å². The zero-order valence-corrected chi connectivity index (χ0v) is 18.2. The van der Waals surface area contributed by atoms with E-state index >= 15 is 0 Å². The van der Waals surface area contributed by atoms with Gasteiger partial charge in [0.15, 0.2) is 0 Å². The molecule has 0 radical (unpaired) electrons. The normalized spacial score (nSPS) is 14.3. The predicted molar refractivity (Wildman–Crippen MR) is 115 cm³/mol. The molecular weight excluding hydrogens is 412 g/mol. The summed E-state index contributed by atoms with van der Waals surface area (Å²) in [7, 11) is -7.12. The number of nitrogens with zero attached hydrogens (tertiary/aromatic N) is 1. The minimum atomic E-state index is -3.76. The van der Waals surface area contributed by atoms with Crippen LogP contribution in [-0.2, 0) is 26.5 Å². The molecule has 1 aliphatic heterocycles. The first-order valence-electron chi connectivity index (χ1n) is 9.66. The van der Waals surface area contributed by atoms with Crippen molar-refractivity contribution >= 4 is 31.4 Å². The second-order valence-corrected chi connectivity index (χ2v) is 10.5. The van der Waals surface area contributed by atoms with Crippen LogP contribution in [0, 0.1) is 0 Å². The molecule has 9 heteroatoms. The van der Waals surface area contributed by atoms with Crippen LogP contribution in [-0.4, -0.2) is 35.7 Å². The van der Waals surface area contributed by atoms with E-state index in [0.717, 1.165) is 5.56 Å². The van der Waals surface area contributed by atoms with Gasteiger partial charge in [-0.2, -0.15) is 0 Å². The van der Waals surface area contributed by atoms with E-state index in [1.807, 2.05) is 13.8 Å². The van der Waals surface area contributed by atoms with E-state index in [0.29, 0.717) is 49.5 Å². The summed E-state index contributed by atoms with van der Waals surface area (Å²) in [6, 6.07) is 11.2. The quantitative estimate of drug-likeness (QED) is 0.682. The lowest BCUT2D eigenvalue weighted by molar-refractivity contribution is 0.340. The Morgan fingerprint density at radius 1 is 1.03 bits per heavy atom. The zero-order chi connectivity index (χ0) is 21.1. The third kappa shape index (κ3) is 4.84. The number of nitrogens with one attached hydrogen (secondary N) is 1. The molecule has 0 aromatic heterocycles. The number of aryl methyl sites for hydroxylation is 1. The molecule has 0 bridgehead atoms. The van der Waals surface area contributed by atoms with Crippen molar-refractivity contribution in [2.45, 2.75) is 38.0 Å². The second-order valence-electron chi connectivity index (χ2n) is 6.85. The zero-order valence-electron chi connectivity index (χ0n) is 16.6. The number of ether oxygens (including phenoxy) is 1. The van der Waals surface area contributed by atoms with Gasteiger partial charge in [0, 0.05) is 12.2 Å². The summed E-state index contributed by atoms with van der Waals surface area (Å²) < 4.78 is 59.8. The molecule has 7 nitrogen and oxygen atoms in total. The summed E-state index contributed by atoms with van der Waals surface area (Å²) in [6.45, 7) is 4.65. The van der Waals surface area contributed by atoms with Crippen molar-refractivity contribution in [3.05, 3.63) is 48.0 Å². The number of fused-ring (bicyclic) bond motifs is 1. The van der Waals surface area contributed by atoms with Gasteiger partial charge in [-0.15, -0.1) is 0 Å². The van der Waals surface area contributed by atoms with Crippen molar-refractivity contribution < 1.29 is 21.6 Å². The average molecular weight is 439 g/mol. The van der Waals surface area contributed by atoms with Crippen LogP contribution in [0.2, 0.25) is 0 Å². The lowest BCUT2D eigenvalue weighted by Gasteiger charge is -2.30. The smallest absolute Gasteiger partial charge is 0.261 e. The molecule has 1 N–H and O–H groups in total. The van der Waals surface area contributed by atoms with Crippen LogP contribution >= 0.6 is 0 Å². The molecule has 0 saturated carbocycles. The summed E-state index contributed by atoms with van der Waals surface area (Å²) in [5.41, 5.74) is 1.86. The van der Waals surface area contributed by atoms with Crippen molar-refractivity contribution in [1.29, 1.82) is 0 Å². The minimum Gasteiger partial charge on any atom is -0.494 e. The molecule has 2 aromatic carbocycles. The summed E-state index contributed by atoms with van der Waals surface area (Å²) in [5.74, 6) is 0.701. The second kappa shape index (κ2) is 8.62. The van der Waals surface area contributed by atoms with Gasteiger partial charge in [0.1, 0.15) is 5.75 Å². The Balaban J connectivity index is 1.84. The summed E-state index contributed by atoms with van der Waals surface area (Å²) in [5, 5.41) is 0. The molecule has 0 fully saturated rings. The largest absolute Gasteiger partial charge is 0.494 e. The Morgan fingerprint density at radius 2 is 1.76 bits per heavy atom. The van der Waals surface area contributed by atoms with Gasteiger partial charge in [-0.05, 0) is 74.2 Å². The van der Waals surface area contributed by atoms with Crippen molar-refractivity contribution in [3.8, 4) is 5.75 Å². The van der Waals surface area contributed by atoms with Crippen LogP contribution in [0.5, 0.6) is 5.75 Å². The molecule has 0 unspecified atom stereocenters. The number of hydrogen-bond donors (Lipinski definition) is 1. The monoisotopic (exact) mass is 438 g/mol. The van der Waals surface area contributed by atoms with Gasteiger partial charge < -0.3 is 4.74 Å². The van der Waals surface area contributed by atoms with Gasteiger partial charge >= 0.3 is 0 Å². The van der Waals surface area contributed by atoms with Crippen molar-refractivity contribution in [1.82, 2.24) is 0 Å². The molecular formula is C20H26N2O5S2. The summed E-state index contributed by atoms with van der Waals surface area (Å²) >= 11 is 0. The van der Waals surface area contributed by atoms with Crippen LogP contribution in [0.4, 0.5) is 11.4 Å². The molecule has 3 rings (SSSR count). The predicted octanol–water partition coefficient (Wildman–Crippen LogP) is 3.38. The Morgan fingerprint density at radius 3 is 2.41 bits per heavy atom. The van der Waals surface area contributed by atoms with E-state index in [4.69, 9.17) is 4.74 Å². The highest BCUT2D eigenvalue weighted by Gasteiger charge is 2.27. The van der Waals surface area contributed by atoms with Crippen LogP contribution < -0.4 is 13.8 Å². The van der Waals surface area contributed by atoms with E-state index in [-0.39, 0.29) is 10.6 Å². The molecule has 0 spiro atoms. The van der Waals surface area contributed by atoms with E-state index in [2.05, 4.69) is 4.72 Å². The Kier molecular flexibility index (Phi) is 6.38. The number of benzene rings is 2. The molecule has 0 aliphatic carbocycles. The Hall–Kier alpha value is -2.26. The molecule has 0 atom stereocenters. The number of hydrogen-bond acceptors (Lipinski definition) is 5. The third-order valence-corrected chi connectivity index (χ3v) is 8.02. The maximum Gasteiger partial charge on any atom is 0.261 e. The van der Waals surface area contributed by atoms with E-state index in [9.17, 15) is 16.8 Å². The topological polar surface area (TPSA) is 92.8 Å². The fourth-order valence-corrected chi connectivity index (χ4v) is 6.05. The lowest BCUT2D eigenvalue weighted by Crippen LogP contribution is -2.37. The van der Waals surface area contributed by atoms with Crippen molar-refractivity contribution in [2.75, 3.05) is 27.9 Å². The van der Waals surface area contributed by atoms with Crippen LogP contribution in [0.25, 0.3) is 0 Å². The van der Waals surface area contributed by atoms with Gasteiger partial charge in [-0.1, -0.05) is 6.92 Å². The number of anilines is 2. The lowest BCUT2D eigenvalue weighted by atomic mass is 10.0. The maximum atomic E-state index is 12.7. The molecule has 2 aromatic rings. The average Bonchev–Trinajstić information content (AvgIpc) is 2.67. The van der Waals surface area contributed by atoms with Crippen molar-refractivity contribution in [3.63, 3.8) is 0 Å². The minimum absolute atomic E-state index is 0.0958. The molecule has 158 valence electrons.